The summed E-state index contributed by atoms with van der Waals surface area (Å²) < 4.78 is 58.8. The number of hydrogen-bond donors (Lipinski definition) is 1. The molecule has 1 aromatic carbocycles. The fourth-order valence-electron chi connectivity index (χ4n) is 4.81. The van der Waals surface area contributed by atoms with E-state index in [0.29, 0.717) is 24.6 Å². The fourth-order valence-corrected chi connectivity index (χ4v) is 4.81. The van der Waals surface area contributed by atoms with E-state index in [1.165, 1.54) is 13.8 Å². The van der Waals surface area contributed by atoms with E-state index >= 15 is 0 Å². The maximum atomic E-state index is 13.4. The fraction of sp³-hybridized carbons (Fsp3) is 0.458. The Hall–Kier alpha value is -3.35. The molecule has 0 radical (unpaired) electrons. The Morgan fingerprint density at radius 1 is 1.18 bits per heavy atom. The van der Waals surface area contributed by atoms with E-state index in [1.54, 1.807) is 12.3 Å². The number of hydrogen-bond acceptors (Lipinski definition) is 5. The number of carbonyl (C=O) groups excluding carboxylic acids is 1. The van der Waals surface area contributed by atoms with Gasteiger partial charge in [-0.15, -0.1) is 0 Å². The molecule has 1 N–H and O–H groups in total. The molecule has 2 aromatic rings. The van der Waals surface area contributed by atoms with Crippen LogP contribution in [0.4, 0.5) is 23.2 Å². The number of benzene rings is 1. The van der Waals surface area contributed by atoms with Crippen molar-refractivity contribution in [2.45, 2.75) is 69.4 Å². The summed E-state index contributed by atoms with van der Waals surface area (Å²) in [6.07, 6.45) is 0.0885. The Morgan fingerprint density at radius 2 is 1.85 bits per heavy atom. The van der Waals surface area contributed by atoms with Gasteiger partial charge < -0.3 is 15.0 Å². The summed E-state index contributed by atoms with van der Waals surface area (Å²) in [6, 6.07) is 7.84. The van der Waals surface area contributed by atoms with Crippen molar-refractivity contribution in [2.24, 2.45) is 0 Å². The van der Waals surface area contributed by atoms with Crippen LogP contribution in [0.2, 0.25) is 0 Å². The number of nitrogens with one attached hydrogen (secondary N) is 1. The Balaban J connectivity index is 1.43. The van der Waals surface area contributed by atoms with Crippen LogP contribution in [0.15, 0.2) is 36.5 Å². The second-order valence-electron chi connectivity index (χ2n) is 9.20. The van der Waals surface area contributed by atoms with E-state index < -0.39 is 34.8 Å². The van der Waals surface area contributed by atoms with E-state index in [4.69, 9.17) is 10.00 Å². The number of halogens is 4. The number of rotatable bonds is 5. The lowest BCUT2D eigenvalue weighted by atomic mass is 9.95. The molecule has 3 atom stereocenters. The van der Waals surface area contributed by atoms with Crippen LogP contribution in [0.5, 0.6) is 5.75 Å². The van der Waals surface area contributed by atoms with Crippen LogP contribution in [0.25, 0.3) is 0 Å². The van der Waals surface area contributed by atoms with Crippen molar-refractivity contribution < 1.29 is 27.1 Å². The van der Waals surface area contributed by atoms with Crippen LogP contribution in [-0.4, -0.2) is 34.6 Å². The van der Waals surface area contributed by atoms with E-state index in [-0.39, 0.29) is 18.1 Å². The number of piperidine rings is 1. The number of pyridine rings is 1. The lowest BCUT2D eigenvalue weighted by Gasteiger charge is -2.41. The molecule has 1 aromatic heterocycles. The minimum absolute atomic E-state index is 0.161. The van der Waals surface area contributed by atoms with Gasteiger partial charge >= 0.3 is 6.18 Å². The average molecular weight is 476 g/mol. The molecule has 0 saturated carbocycles. The minimum Gasteiger partial charge on any atom is -0.477 e. The number of alkyl halides is 3. The molecule has 2 saturated heterocycles. The Labute approximate surface area is 194 Å². The van der Waals surface area contributed by atoms with Crippen LogP contribution in [0, 0.1) is 17.1 Å². The zero-order valence-electron chi connectivity index (χ0n) is 18.7. The van der Waals surface area contributed by atoms with Gasteiger partial charge in [-0.3, -0.25) is 4.79 Å². The van der Waals surface area contributed by atoms with Crippen LogP contribution in [0.3, 0.4) is 0 Å². The molecular weight excluding hydrogens is 452 g/mol. The standard InChI is InChI=1S/C24H24F4N4O2/c1-23(2,34-21-8-3-14(25)9-20(21)24(26,27)28)22(33)31-16-10-17-6-7-18(11-16)32(17)19-5-4-15(12-29)30-13-19/h3-5,8-9,13,16-18H,6-7,10-11H2,1-2H3,(H,31,33)/t16-,17+,18-. The molecule has 3 heterocycles. The van der Waals surface area contributed by atoms with Gasteiger partial charge in [0.15, 0.2) is 5.60 Å². The van der Waals surface area contributed by atoms with Gasteiger partial charge in [-0.25, -0.2) is 9.37 Å². The van der Waals surface area contributed by atoms with Crippen LogP contribution in [-0.2, 0) is 11.0 Å². The molecule has 2 aliphatic heterocycles. The number of anilines is 1. The summed E-state index contributed by atoms with van der Waals surface area (Å²) in [5.74, 6) is -2.18. The quantitative estimate of drug-likeness (QED) is 0.639. The topological polar surface area (TPSA) is 78.2 Å². The summed E-state index contributed by atoms with van der Waals surface area (Å²) >= 11 is 0. The molecule has 0 aliphatic carbocycles. The average Bonchev–Trinajstić information content (AvgIpc) is 3.04. The maximum Gasteiger partial charge on any atom is 0.420 e. The summed E-state index contributed by atoms with van der Waals surface area (Å²) in [5.41, 5.74) is -1.60. The van der Waals surface area contributed by atoms with E-state index in [1.807, 2.05) is 12.1 Å². The molecule has 2 bridgehead atoms. The number of fused-ring (bicyclic) bond motifs is 2. The van der Waals surface area contributed by atoms with Crippen LogP contribution in [0.1, 0.15) is 50.8 Å². The first-order chi connectivity index (χ1) is 16.0. The van der Waals surface area contributed by atoms with Gasteiger partial charge in [0.05, 0.1) is 11.9 Å². The molecule has 6 nitrogen and oxygen atoms in total. The SMILES string of the molecule is CC(C)(Oc1ccc(F)cc1C(F)(F)F)C(=O)N[C@H]1C[C@H]2CC[C@@H](C1)N2c1ccc(C#N)nc1. The van der Waals surface area contributed by atoms with Gasteiger partial charge in [0.1, 0.15) is 28.9 Å². The monoisotopic (exact) mass is 476 g/mol. The van der Waals surface area contributed by atoms with E-state index in [2.05, 4.69) is 15.2 Å². The Bertz CT molecular complexity index is 1100. The van der Waals surface area contributed by atoms with E-state index in [0.717, 1.165) is 30.7 Å². The first-order valence-electron chi connectivity index (χ1n) is 11.0. The molecule has 34 heavy (non-hydrogen) atoms. The molecule has 1 amide bonds. The van der Waals surface area contributed by atoms with Crippen molar-refractivity contribution >= 4 is 11.6 Å². The lowest BCUT2D eigenvalue weighted by Crippen LogP contribution is -2.55. The molecule has 0 unspecified atom stereocenters. The van der Waals surface area contributed by atoms with Crippen LogP contribution >= 0.6 is 0 Å². The molecular formula is C24H24F4N4O2. The number of nitriles is 1. The molecule has 2 aliphatic rings. The van der Waals surface area contributed by atoms with Crippen LogP contribution < -0.4 is 15.0 Å². The highest BCUT2D eigenvalue weighted by Gasteiger charge is 2.43. The Kier molecular flexibility index (Phi) is 6.14. The summed E-state index contributed by atoms with van der Waals surface area (Å²) in [5, 5.41) is 11.9. The van der Waals surface area contributed by atoms with Gasteiger partial charge in [-0.1, -0.05) is 0 Å². The third-order valence-electron chi connectivity index (χ3n) is 6.39. The smallest absolute Gasteiger partial charge is 0.420 e. The molecule has 0 spiro atoms. The van der Waals surface area contributed by atoms with Gasteiger partial charge in [-0.2, -0.15) is 18.4 Å². The molecule has 180 valence electrons. The molecule has 4 rings (SSSR count). The number of nitrogens with zero attached hydrogens (tertiary/aromatic N) is 3. The third kappa shape index (κ3) is 4.79. The molecule has 2 fully saturated rings. The number of ether oxygens (including phenoxy) is 1. The maximum absolute atomic E-state index is 13.4. The van der Waals surface area contributed by atoms with Crippen molar-refractivity contribution in [3.05, 3.63) is 53.6 Å². The highest BCUT2D eigenvalue weighted by molar-refractivity contribution is 5.85. The summed E-state index contributed by atoms with van der Waals surface area (Å²) in [6.45, 7) is 2.77. The highest BCUT2D eigenvalue weighted by Crippen LogP contribution is 2.40. The molecule has 10 heteroatoms. The minimum atomic E-state index is -4.82. The second-order valence-corrected chi connectivity index (χ2v) is 9.20. The Morgan fingerprint density at radius 3 is 2.41 bits per heavy atom. The number of carbonyl (C=O) groups is 1. The van der Waals surface area contributed by atoms with Crippen molar-refractivity contribution in [2.75, 3.05) is 4.90 Å². The normalized spacial score (nSPS) is 22.3. The van der Waals surface area contributed by atoms with Gasteiger partial charge in [0, 0.05) is 18.1 Å². The lowest BCUT2D eigenvalue weighted by molar-refractivity contribution is -0.144. The van der Waals surface area contributed by atoms with E-state index in [9.17, 15) is 22.4 Å². The number of amides is 1. The van der Waals surface area contributed by atoms with Crippen molar-refractivity contribution in [3.8, 4) is 11.8 Å². The van der Waals surface area contributed by atoms with Gasteiger partial charge in [-0.05, 0) is 69.9 Å². The summed E-state index contributed by atoms with van der Waals surface area (Å²) in [7, 11) is 0. The van der Waals surface area contributed by atoms with Crippen molar-refractivity contribution in [1.82, 2.24) is 10.3 Å². The van der Waals surface area contributed by atoms with Crippen molar-refractivity contribution in [3.63, 3.8) is 0 Å². The zero-order chi connectivity index (χ0) is 24.7. The largest absolute Gasteiger partial charge is 0.477 e. The highest BCUT2D eigenvalue weighted by atomic mass is 19.4. The predicted octanol–water partition coefficient (Wildman–Crippen LogP) is 4.58. The predicted molar refractivity (Wildman–Crippen MR) is 116 cm³/mol. The second kappa shape index (κ2) is 8.78. The van der Waals surface area contributed by atoms with Gasteiger partial charge in [0.25, 0.3) is 5.91 Å². The zero-order valence-corrected chi connectivity index (χ0v) is 18.7. The first kappa shape index (κ1) is 23.8. The summed E-state index contributed by atoms with van der Waals surface area (Å²) in [4.78, 5) is 19.4. The third-order valence-corrected chi connectivity index (χ3v) is 6.39. The number of aromatic nitrogens is 1. The van der Waals surface area contributed by atoms with Crippen molar-refractivity contribution in [1.29, 1.82) is 5.26 Å². The van der Waals surface area contributed by atoms with Gasteiger partial charge in [0.2, 0.25) is 0 Å². The first-order valence-corrected chi connectivity index (χ1v) is 11.0.